The van der Waals surface area contributed by atoms with E-state index >= 15 is 0 Å². The van der Waals surface area contributed by atoms with Crippen LogP contribution in [-0.4, -0.2) is 44.6 Å². The van der Waals surface area contributed by atoms with E-state index in [9.17, 15) is 5.11 Å². The van der Waals surface area contributed by atoms with Crippen molar-refractivity contribution in [3.05, 3.63) is 24.4 Å². The van der Waals surface area contributed by atoms with Crippen molar-refractivity contribution in [2.45, 2.75) is 5.16 Å². The number of aromatic nitrogens is 4. The van der Waals surface area contributed by atoms with Crippen LogP contribution in [0.1, 0.15) is 0 Å². The minimum Gasteiger partial charge on any atom is -0.504 e. The normalized spacial score (nSPS) is 11.7. The van der Waals surface area contributed by atoms with Crippen molar-refractivity contribution in [2.75, 3.05) is 25.3 Å². The van der Waals surface area contributed by atoms with Gasteiger partial charge in [-0.25, -0.2) is 4.68 Å². The molecule has 0 bridgehead atoms. The highest BCUT2D eigenvalue weighted by Crippen LogP contribution is 2.44. The quantitative estimate of drug-likeness (QED) is 0.475. The zero-order valence-electron chi connectivity index (χ0n) is 15.1. The van der Waals surface area contributed by atoms with E-state index in [1.54, 1.807) is 36.1 Å². The lowest BCUT2D eigenvalue weighted by Crippen LogP contribution is -2.08. The summed E-state index contributed by atoms with van der Waals surface area (Å²) in [6.07, 6.45) is 3.50. The fraction of sp³-hybridized carbons (Fsp3) is 0.267. The Morgan fingerprint density at radius 2 is 1.96 bits per heavy atom. The van der Waals surface area contributed by atoms with Gasteiger partial charge in [0.2, 0.25) is 10.3 Å². The first-order valence-electron chi connectivity index (χ1n) is 7.72. The van der Waals surface area contributed by atoms with E-state index in [1.807, 2.05) is 25.3 Å². The summed E-state index contributed by atoms with van der Waals surface area (Å²) in [7, 11) is 5.46. The van der Waals surface area contributed by atoms with Crippen LogP contribution < -0.4 is 4.90 Å². The van der Waals surface area contributed by atoms with Crippen molar-refractivity contribution in [1.82, 2.24) is 19.1 Å². The van der Waals surface area contributed by atoms with Gasteiger partial charge in [-0.15, -0.1) is 20.5 Å². The highest BCUT2D eigenvalue weighted by molar-refractivity contribution is 7.98. The van der Waals surface area contributed by atoms with Gasteiger partial charge in [-0.2, -0.15) is 14.5 Å². The molecule has 12 heteroatoms. The van der Waals surface area contributed by atoms with Crippen LogP contribution in [0, 0.1) is 0 Å². The molecule has 0 fully saturated rings. The van der Waals surface area contributed by atoms with Crippen molar-refractivity contribution in [3.63, 3.8) is 0 Å². The average Bonchev–Trinajstić information content (AvgIpc) is 3.28. The number of hydrogen-bond acceptors (Lipinski definition) is 11. The van der Waals surface area contributed by atoms with Crippen LogP contribution in [-0.2, 0) is 7.05 Å². The highest BCUT2D eigenvalue weighted by atomic mass is 32.2. The molecule has 0 aliphatic rings. The Morgan fingerprint density at radius 1 is 1.15 bits per heavy atom. The van der Waals surface area contributed by atoms with Crippen molar-refractivity contribution in [3.8, 4) is 5.75 Å². The molecule has 0 aliphatic carbocycles. The fourth-order valence-corrected chi connectivity index (χ4v) is 3.14. The maximum atomic E-state index is 10.7. The summed E-state index contributed by atoms with van der Waals surface area (Å²) in [5.74, 6) is 0.440. The summed E-state index contributed by atoms with van der Waals surface area (Å²) in [6, 6.07) is 5.17. The second-order valence-corrected chi connectivity index (χ2v) is 6.98. The molecule has 1 N–H and O–H groups in total. The number of anilines is 1. The molecule has 140 valence electrons. The Kier molecular flexibility index (Phi) is 5.76. The van der Waals surface area contributed by atoms with Crippen molar-refractivity contribution >= 4 is 51.3 Å². The molecule has 2 heterocycles. The lowest BCUT2D eigenvalue weighted by atomic mass is 10.2. The van der Waals surface area contributed by atoms with E-state index in [2.05, 4.69) is 34.9 Å². The van der Waals surface area contributed by atoms with Crippen LogP contribution in [0.25, 0.3) is 0 Å². The van der Waals surface area contributed by atoms with Crippen LogP contribution >= 0.6 is 23.3 Å². The molecule has 10 nitrogen and oxygen atoms in total. The lowest BCUT2D eigenvalue weighted by Gasteiger charge is -2.16. The van der Waals surface area contributed by atoms with Gasteiger partial charge in [0.25, 0.3) is 0 Å². The van der Waals surface area contributed by atoms with E-state index < -0.39 is 0 Å². The maximum absolute atomic E-state index is 10.7. The number of benzene rings is 1. The predicted octanol–water partition coefficient (Wildman–Crippen LogP) is 4.60. The molecule has 0 unspecified atom stereocenters. The molecule has 0 radical (unpaired) electrons. The molecule has 0 saturated carbocycles. The molecule has 3 aromatic rings. The Hall–Kier alpha value is -2.86. The van der Waals surface area contributed by atoms with E-state index in [0.29, 0.717) is 27.5 Å². The van der Waals surface area contributed by atoms with Gasteiger partial charge in [-0.1, -0.05) is 11.8 Å². The van der Waals surface area contributed by atoms with Gasteiger partial charge in [0, 0.05) is 38.7 Å². The number of aryl methyl sites for hydroxylation is 1. The number of phenolic OH excluding ortho intramolecular Hbond substituents is 1. The number of azo groups is 2. The second kappa shape index (κ2) is 8.22. The van der Waals surface area contributed by atoms with Crippen LogP contribution in [0.4, 0.5) is 28.0 Å². The lowest BCUT2D eigenvalue weighted by molar-refractivity contribution is 0.477. The highest BCUT2D eigenvalue weighted by Gasteiger charge is 2.15. The topological polar surface area (TPSA) is 117 Å². The van der Waals surface area contributed by atoms with Gasteiger partial charge >= 0.3 is 0 Å². The molecule has 2 aromatic heterocycles. The van der Waals surface area contributed by atoms with Crippen LogP contribution in [0.5, 0.6) is 5.75 Å². The third-order valence-corrected chi connectivity index (χ3v) is 4.72. The third-order valence-electron chi connectivity index (χ3n) is 3.46. The summed E-state index contributed by atoms with van der Waals surface area (Å²) in [5, 5.41) is 32.2. The first-order chi connectivity index (χ1) is 13.0. The van der Waals surface area contributed by atoms with Crippen molar-refractivity contribution < 1.29 is 5.11 Å². The van der Waals surface area contributed by atoms with Crippen LogP contribution in [0.3, 0.4) is 0 Å². The van der Waals surface area contributed by atoms with E-state index in [-0.39, 0.29) is 11.4 Å². The number of nitrogens with zero attached hydrogens (tertiary/aromatic N) is 9. The Labute approximate surface area is 163 Å². The van der Waals surface area contributed by atoms with Crippen molar-refractivity contribution in [2.24, 2.45) is 27.5 Å². The Bertz CT molecular complexity index is 993. The van der Waals surface area contributed by atoms with Gasteiger partial charge in [0.1, 0.15) is 5.69 Å². The molecule has 3 rings (SSSR count). The molecular formula is C15H17N9OS2. The number of thioether (sulfide) groups is 1. The molecule has 0 aliphatic heterocycles. The van der Waals surface area contributed by atoms with E-state index in [4.69, 9.17) is 0 Å². The minimum atomic E-state index is -0.120. The van der Waals surface area contributed by atoms with Crippen molar-refractivity contribution in [1.29, 1.82) is 0 Å². The molecule has 27 heavy (non-hydrogen) atoms. The first kappa shape index (κ1) is 18.9. The van der Waals surface area contributed by atoms with Gasteiger partial charge in [-0.05, 0) is 18.4 Å². The SMILES string of the molecule is CSc1nsc(/N=N/c2ccc(N(C)C)c(/N=N/c3ccnn3C)c2O)n1. The van der Waals surface area contributed by atoms with Gasteiger partial charge in [-0.3, -0.25) is 0 Å². The molecule has 0 spiro atoms. The van der Waals surface area contributed by atoms with Gasteiger partial charge in [0.15, 0.2) is 17.3 Å². The summed E-state index contributed by atoms with van der Waals surface area (Å²) in [6.45, 7) is 0. The molecular weight excluding hydrogens is 386 g/mol. The summed E-state index contributed by atoms with van der Waals surface area (Å²) in [5.41, 5.74) is 1.25. The van der Waals surface area contributed by atoms with Crippen LogP contribution in [0.2, 0.25) is 0 Å². The zero-order valence-corrected chi connectivity index (χ0v) is 16.7. The summed E-state index contributed by atoms with van der Waals surface area (Å²) < 4.78 is 5.70. The summed E-state index contributed by atoms with van der Waals surface area (Å²) >= 11 is 2.56. The molecule has 1 aromatic carbocycles. The van der Waals surface area contributed by atoms with Gasteiger partial charge in [0.05, 0.1) is 11.9 Å². The molecule has 0 amide bonds. The standard InChI is InChI=1S/C15H17N9OS2/c1-23(2)10-6-5-9(18-21-14-17-15(26-4)22-27-14)13(25)12(10)20-19-11-7-8-16-24(11)3/h5-8,25H,1-4H3/b20-19+,21-18+. The average molecular weight is 403 g/mol. The molecule has 0 atom stereocenters. The number of hydrogen-bond donors (Lipinski definition) is 1. The minimum absolute atomic E-state index is 0.120. The van der Waals surface area contributed by atoms with Crippen LogP contribution in [0.15, 0.2) is 50.0 Å². The Balaban J connectivity index is 1.96. The smallest absolute Gasteiger partial charge is 0.250 e. The fourth-order valence-electron chi connectivity index (χ4n) is 2.09. The number of aromatic hydroxyl groups is 1. The van der Waals surface area contributed by atoms with Gasteiger partial charge < -0.3 is 10.0 Å². The number of phenols is 1. The van der Waals surface area contributed by atoms with E-state index in [1.165, 1.54) is 11.8 Å². The second-order valence-electron chi connectivity index (χ2n) is 5.47. The predicted molar refractivity (Wildman–Crippen MR) is 106 cm³/mol. The first-order valence-corrected chi connectivity index (χ1v) is 9.72. The number of rotatable bonds is 6. The zero-order chi connectivity index (χ0) is 19.4. The maximum Gasteiger partial charge on any atom is 0.250 e. The largest absolute Gasteiger partial charge is 0.504 e. The Morgan fingerprint density at radius 3 is 2.59 bits per heavy atom. The summed E-state index contributed by atoms with van der Waals surface area (Å²) in [4.78, 5) is 6.02. The van der Waals surface area contributed by atoms with E-state index in [0.717, 1.165) is 11.5 Å². The molecule has 0 saturated heterocycles. The third kappa shape index (κ3) is 4.28. The monoisotopic (exact) mass is 403 g/mol.